The predicted molar refractivity (Wildman–Crippen MR) is 72.1 cm³/mol. The monoisotopic (exact) mass is 219 g/mol. The molecule has 0 radical (unpaired) electrons. The summed E-state index contributed by atoms with van der Waals surface area (Å²) in [4.78, 5) is 0. The van der Waals surface area contributed by atoms with Crippen LogP contribution in [0.1, 0.15) is 49.8 Å². The zero-order chi connectivity index (χ0) is 12.1. The molecule has 1 heteroatoms. The second-order valence-electron chi connectivity index (χ2n) is 4.89. The van der Waals surface area contributed by atoms with Crippen molar-refractivity contribution in [2.45, 2.75) is 53.0 Å². The first-order valence-electron chi connectivity index (χ1n) is 6.36. The van der Waals surface area contributed by atoms with Crippen LogP contribution in [0.2, 0.25) is 0 Å². The Morgan fingerprint density at radius 1 is 1.19 bits per heavy atom. The molecule has 0 aliphatic heterocycles. The van der Waals surface area contributed by atoms with E-state index in [2.05, 4.69) is 58.1 Å². The van der Waals surface area contributed by atoms with Crippen LogP contribution in [0.15, 0.2) is 18.2 Å². The highest BCUT2D eigenvalue weighted by molar-refractivity contribution is 5.33. The number of nitrogens with one attached hydrogen (secondary N) is 1. The number of aryl methyl sites for hydroxylation is 2. The molecular formula is C15H25N. The lowest BCUT2D eigenvalue weighted by Gasteiger charge is -2.23. The van der Waals surface area contributed by atoms with Gasteiger partial charge in [0.15, 0.2) is 0 Å². The van der Waals surface area contributed by atoms with Gasteiger partial charge in [-0.15, -0.1) is 0 Å². The zero-order valence-corrected chi connectivity index (χ0v) is 11.3. The van der Waals surface area contributed by atoms with E-state index in [0.717, 1.165) is 6.54 Å². The Hall–Kier alpha value is -0.820. The molecule has 90 valence electrons. The SMILES string of the molecule is CCCNC(C)C(C)c1cc(C)ccc1C. The zero-order valence-electron chi connectivity index (χ0n) is 11.3. The van der Waals surface area contributed by atoms with Crippen molar-refractivity contribution in [2.75, 3.05) is 6.54 Å². The first kappa shape index (κ1) is 13.2. The standard InChI is InChI=1S/C15H25N/c1-6-9-16-14(5)13(4)15-10-11(2)7-8-12(15)3/h7-8,10,13-14,16H,6,9H2,1-5H3. The molecular weight excluding hydrogens is 194 g/mol. The molecule has 0 saturated carbocycles. The molecule has 0 aliphatic carbocycles. The Morgan fingerprint density at radius 3 is 2.50 bits per heavy atom. The molecule has 1 rings (SSSR count). The van der Waals surface area contributed by atoms with E-state index in [1.807, 2.05) is 0 Å². The summed E-state index contributed by atoms with van der Waals surface area (Å²) in [5.74, 6) is 0.575. The number of benzene rings is 1. The summed E-state index contributed by atoms with van der Waals surface area (Å²) in [5.41, 5.74) is 4.24. The lowest BCUT2D eigenvalue weighted by Crippen LogP contribution is -2.31. The molecule has 2 unspecified atom stereocenters. The van der Waals surface area contributed by atoms with Crippen LogP contribution in [0, 0.1) is 13.8 Å². The molecule has 1 aromatic carbocycles. The van der Waals surface area contributed by atoms with Gasteiger partial charge in [-0.1, -0.05) is 37.6 Å². The van der Waals surface area contributed by atoms with Crippen molar-refractivity contribution in [2.24, 2.45) is 0 Å². The highest BCUT2D eigenvalue weighted by Crippen LogP contribution is 2.23. The predicted octanol–water partition coefficient (Wildman–Crippen LogP) is 3.80. The fraction of sp³-hybridized carbons (Fsp3) is 0.600. The summed E-state index contributed by atoms with van der Waals surface area (Å²) in [7, 11) is 0. The van der Waals surface area contributed by atoms with Gasteiger partial charge < -0.3 is 5.32 Å². The van der Waals surface area contributed by atoms with E-state index in [0.29, 0.717) is 12.0 Å². The molecule has 0 aliphatic rings. The third-order valence-electron chi connectivity index (χ3n) is 3.39. The van der Waals surface area contributed by atoms with Gasteiger partial charge in [-0.25, -0.2) is 0 Å². The average Bonchev–Trinajstić information content (AvgIpc) is 2.28. The van der Waals surface area contributed by atoms with Crippen molar-refractivity contribution in [1.82, 2.24) is 5.32 Å². The van der Waals surface area contributed by atoms with E-state index in [1.54, 1.807) is 0 Å². The van der Waals surface area contributed by atoms with Crippen molar-refractivity contribution < 1.29 is 0 Å². The minimum Gasteiger partial charge on any atom is -0.314 e. The topological polar surface area (TPSA) is 12.0 Å². The normalized spacial score (nSPS) is 14.8. The van der Waals surface area contributed by atoms with Gasteiger partial charge >= 0.3 is 0 Å². The Bertz CT molecular complexity index is 330. The molecule has 1 nitrogen and oxygen atoms in total. The minimum absolute atomic E-state index is 0.542. The first-order valence-corrected chi connectivity index (χ1v) is 6.36. The number of hydrogen-bond acceptors (Lipinski definition) is 1. The van der Waals surface area contributed by atoms with E-state index in [9.17, 15) is 0 Å². The molecule has 0 aromatic heterocycles. The van der Waals surface area contributed by atoms with Crippen molar-refractivity contribution in [3.05, 3.63) is 34.9 Å². The molecule has 0 fully saturated rings. The van der Waals surface area contributed by atoms with Crippen LogP contribution >= 0.6 is 0 Å². The Balaban J connectivity index is 2.78. The van der Waals surface area contributed by atoms with Crippen LogP contribution in [0.25, 0.3) is 0 Å². The minimum atomic E-state index is 0.542. The van der Waals surface area contributed by atoms with Crippen LogP contribution in [0.5, 0.6) is 0 Å². The average molecular weight is 219 g/mol. The fourth-order valence-electron chi connectivity index (χ4n) is 2.07. The molecule has 0 amide bonds. The summed E-state index contributed by atoms with van der Waals surface area (Å²) in [6.45, 7) is 12.3. The Labute approximate surface area is 100 Å². The van der Waals surface area contributed by atoms with Crippen molar-refractivity contribution >= 4 is 0 Å². The van der Waals surface area contributed by atoms with E-state index < -0.39 is 0 Å². The molecule has 1 N–H and O–H groups in total. The number of hydrogen-bond donors (Lipinski definition) is 1. The highest BCUT2D eigenvalue weighted by Gasteiger charge is 2.15. The third kappa shape index (κ3) is 3.34. The van der Waals surface area contributed by atoms with E-state index >= 15 is 0 Å². The van der Waals surface area contributed by atoms with E-state index in [4.69, 9.17) is 0 Å². The van der Waals surface area contributed by atoms with E-state index in [1.165, 1.54) is 23.1 Å². The quantitative estimate of drug-likeness (QED) is 0.794. The summed E-state index contributed by atoms with van der Waals surface area (Å²) < 4.78 is 0. The summed E-state index contributed by atoms with van der Waals surface area (Å²) in [5, 5.41) is 3.58. The lowest BCUT2D eigenvalue weighted by molar-refractivity contribution is 0.480. The summed E-state index contributed by atoms with van der Waals surface area (Å²) in [6.07, 6.45) is 1.20. The second-order valence-corrected chi connectivity index (χ2v) is 4.89. The van der Waals surface area contributed by atoms with Gasteiger partial charge in [-0.05, 0) is 50.8 Å². The summed E-state index contributed by atoms with van der Waals surface area (Å²) >= 11 is 0. The van der Waals surface area contributed by atoms with Gasteiger partial charge in [-0.2, -0.15) is 0 Å². The van der Waals surface area contributed by atoms with Gasteiger partial charge in [0, 0.05) is 6.04 Å². The fourth-order valence-corrected chi connectivity index (χ4v) is 2.07. The van der Waals surface area contributed by atoms with Crippen LogP contribution in [0.3, 0.4) is 0 Å². The molecule has 0 spiro atoms. The van der Waals surface area contributed by atoms with Crippen LogP contribution in [-0.2, 0) is 0 Å². The Kier molecular flexibility index (Phi) is 5.01. The number of rotatable bonds is 5. The van der Waals surface area contributed by atoms with Crippen LogP contribution in [0.4, 0.5) is 0 Å². The molecule has 2 atom stereocenters. The maximum Gasteiger partial charge on any atom is 0.0105 e. The van der Waals surface area contributed by atoms with Crippen molar-refractivity contribution in [3.8, 4) is 0 Å². The van der Waals surface area contributed by atoms with Gasteiger partial charge in [0.1, 0.15) is 0 Å². The van der Waals surface area contributed by atoms with Gasteiger partial charge in [0.25, 0.3) is 0 Å². The van der Waals surface area contributed by atoms with Gasteiger partial charge in [0.2, 0.25) is 0 Å². The smallest absolute Gasteiger partial charge is 0.0105 e. The second kappa shape index (κ2) is 6.05. The van der Waals surface area contributed by atoms with Crippen LogP contribution in [-0.4, -0.2) is 12.6 Å². The molecule has 16 heavy (non-hydrogen) atoms. The molecule has 0 heterocycles. The van der Waals surface area contributed by atoms with Crippen molar-refractivity contribution in [1.29, 1.82) is 0 Å². The van der Waals surface area contributed by atoms with Gasteiger partial charge in [-0.3, -0.25) is 0 Å². The lowest BCUT2D eigenvalue weighted by atomic mass is 9.90. The molecule has 0 saturated heterocycles. The largest absolute Gasteiger partial charge is 0.314 e. The van der Waals surface area contributed by atoms with E-state index in [-0.39, 0.29) is 0 Å². The van der Waals surface area contributed by atoms with Crippen LogP contribution < -0.4 is 5.32 Å². The third-order valence-corrected chi connectivity index (χ3v) is 3.39. The first-order chi connectivity index (χ1) is 7.56. The maximum atomic E-state index is 3.58. The molecule has 0 bridgehead atoms. The highest BCUT2D eigenvalue weighted by atomic mass is 14.9. The molecule has 1 aromatic rings. The summed E-state index contributed by atoms with van der Waals surface area (Å²) in [6, 6.07) is 7.29. The Morgan fingerprint density at radius 2 is 1.88 bits per heavy atom. The van der Waals surface area contributed by atoms with Crippen molar-refractivity contribution in [3.63, 3.8) is 0 Å². The van der Waals surface area contributed by atoms with Gasteiger partial charge in [0.05, 0.1) is 0 Å². The maximum absolute atomic E-state index is 3.58.